The fourth-order valence-electron chi connectivity index (χ4n) is 7.21. The zero-order chi connectivity index (χ0) is 31.0. The number of hydrogen-bond donors (Lipinski definition) is 4. The minimum absolute atomic E-state index is 0.461. The van der Waals surface area contributed by atoms with Crippen LogP contribution < -0.4 is 30.7 Å². The Morgan fingerprint density at radius 3 is 0.761 bits per heavy atom. The number of hydrogen-bond acceptors (Lipinski definition) is 6. The van der Waals surface area contributed by atoms with Crippen LogP contribution in [-0.2, 0) is 26.2 Å². The van der Waals surface area contributed by atoms with Crippen LogP contribution in [0.3, 0.4) is 0 Å². The molecule has 2 aliphatic carbocycles. The summed E-state index contributed by atoms with van der Waals surface area (Å²) in [5.41, 5.74) is 5.11. The fraction of sp³-hybridized carbons (Fsp3) is 0.400. The van der Waals surface area contributed by atoms with E-state index in [0.29, 0.717) is 24.2 Å². The second-order valence-electron chi connectivity index (χ2n) is 13.3. The Balaban J connectivity index is 1.06. The molecule has 6 nitrogen and oxygen atoms in total. The first-order chi connectivity index (χ1) is 22.7. The van der Waals surface area contributed by atoms with Crippen LogP contribution in [0.2, 0.25) is 0 Å². The van der Waals surface area contributed by atoms with Gasteiger partial charge >= 0.3 is 0 Å². The van der Waals surface area contributed by atoms with Crippen molar-refractivity contribution in [3.8, 4) is 23.0 Å². The summed E-state index contributed by atoms with van der Waals surface area (Å²) in [6.45, 7) is 3.43. The van der Waals surface area contributed by atoms with Crippen molar-refractivity contribution in [3.63, 3.8) is 0 Å². The van der Waals surface area contributed by atoms with Gasteiger partial charge in [0.1, 0.15) is 23.0 Å². The summed E-state index contributed by atoms with van der Waals surface area (Å²) in [7, 11) is 0. The lowest BCUT2D eigenvalue weighted by Gasteiger charge is -2.33. The largest absolute Gasteiger partial charge is 0.457 e. The lowest BCUT2D eigenvalue weighted by atomic mass is 9.90. The molecule has 4 aromatic carbocycles. The van der Waals surface area contributed by atoms with Gasteiger partial charge in [0.2, 0.25) is 0 Å². The Labute approximate surface area is 274 Å². The predicted molar refractivity (Wildman–Crippen MR) is 185 cm³/mol. The van der Waals surface area contributed by atoms with Gasteiger partial charge in [-0.3, -0.25) is 0 Å². The van der Waals surface area contributed by atoms with Crippen LogP contribution in [0.15, 0.2) is 97.1 Å². The van der Waals surface area contributed by atoms with Crippen LogP contribution >= 0.6 is 0 Å². The lowest BCUT2D eigenvalue weighted by Crippen LogP contribution is -2.49. The lowest BCUT2D eigenvalue weighted by molar-refractivity contribution is 0.281. The van der Waals surface area contributed by atoms with Gasteiger partial charge in [-0.2, -0.15) is 0 Å². The summed E-state index contributed by atoms with van der Waals surface area (Å²) in [5, 5.41) is 15.4. The molecule has 4 atom stereocenters. The molecule has 2 saturated carbocycles. The maximum Gasteiger partial charge on any atom is 0.127 e. The second-order valence-corrected chi connectivity index (χ2v) is 13.3. The molecule has 0 saturated heterocycles. The van der Waals surface area contributed by atoms with Crippen molar-refractivity contribution in [1.29, 1.82) is 0 Å². The van der Waals surface area contributed by atoms with Crippen LogP contribution in [0.25, 0.3) is 0 Å². The van der Waals surface area contributed by atoms with Crippen LogP contribution in [0.1, 0.15) is 73.6 Å². The van der Waals surface area contributed by atoms with Gasteiger partial charge in [-0.05, 0) is 96.5 Å². The van der Waals surface area contributed by atoms with E-state index in [1.54, 1.807) is 0 Å². The highest BCUT2D eigenvalue weighted by Gasteiger charge is 2.25. The third-order valence-corrected chi connectivity index (χ3v) is 9.97. The smallest absolute Gasteiger partial charge is 0.127 e. The summed E-state index contributed by atoms with van der Waals surface area (Å²) in [5.74, 6) is 3.48. The quantitative estimate of drug-likeness (QED) is 0.161. The van der Waals surface area contributed by atoms with E-state index in [-0.39, 0.29) is 0 Å². The van der Waals surface area contributed by atoms with Crippen LogP contribution in [-0.4, -0.2) is 24.2 Å². The second kappa shape index (κ2) is 15.3. The normalized spacial score (nSPS) is 24.3. The molecule has 4 N–H and O–H groups in total. The maximum atomic E-state index is 6.20. The third kappa shape index (κ3) is 8.37. The van der Waals surface area contributed by atoms with Crippen molar-refractivity contribution < 1.29 is 9.47 Å². The molecule has 12 aliphatic rings. The molecule has 10 aliphatic heterocycles. The first-order valence-electron chi connectivity index (χ1n) is 17.4. The minimum Gasteiger partial charge on any atom is -0.457 e. The topological polar surface area (TPSA) is 66.6 Å². The summed E-state index contributed by atoms with van der Waals surface area (Å²) in [6, 6.07) is 35.9. The van der Waals surface area contributed by atoms with Crippen LogP contribution in [0, 0.1) is 0 Å². The molecule has 0 amide bonds. The van der Waals surface area contributed by atoms with Crippen molar-refractivity contribution in [2.75, 3.05) is 0 Å². The number of nitrogens with one attached hydrogen (secondary N) is 4. The van der Waals surface area contributed by atoms with Crippen LogP contribution in [0.5, 0.6) is 23.0 Å². The summed E-state index contributed by atoms with van der Waals surface area (Å²) >= 11 is 0. The average molecular weight is 617 g/mol. The van der Waals surface area contributed by atoms with Crippen LogP contribution in [0.4, 0.5) is 0 Å². The van der Waals surface area contributed by atoms with Gasteiger partial charge in [-0.1, -0.05) is 74.2 Å². The van der Waals surface area contributed by atoms with Crippen molar-refractivity contribution in [2.45, 2.75) is 102 Å². The highest BCUT2D eigenvalue weighted by molar-refractivity contribution is 5.36. The van der Waals surface area contributed by atoms with Gasteiger partial charge < -0.3 is 30.7 Å². The SMILES string of the molecule is c1cc2ccc1CN[C@H]1CCCC[C@@H]1NCc1ccc(cc1)Oc1ccc(cc1)CN[C@H]1CCCC[C@@H]1NCc1ccc(cc1)O2. The van der Waals surface area contributed by atoms with Gasteiger partial charge in [0.05, 0.1) is 0 Å². The monoisotopic (exact) mass is 616 g/mol. The molecular weight excluding hydrogens is 568 g/mol. The molecule has 0 spiro atoms. The molecule has 2 fully saturated rings. The van der Waals surface area contributed by atoms with Crippen molar-refractivity contribution >= 4 is 0 Å². The number of rotatable bonds is 0. The molecular formula is C40H48N4O2. The molecule has 8 bridgehead atoms. The van der Waals surface area contributed by atoms with E-state index in [9.17, 15) is 0 Å². The van der Waals surface area contributed by atoms with Gasteiger partial charge in [-0.15, -0.1) is 0 Å². The first kappa shape index (κ1) is 30.9. The van der Waals surface area contributed by atoms with E-state index in [1.165, 1.54) is 73.6 Å². The zero-order valence-electron chi connectivity index (χ0n) is 26.8. The third-order valence-electron chi connectivity index (χ3n) is 9.97. The number of benzene rings is 4. The molecule has 240 valence electrons. The Bertz CT molecular complexity index is 1270. The standard InChI is InChI=1S/C40H48N4O2/c1-2-6-38-37(5-1)41-25-29-9-17-33(18-10-29)45-35-21-13-31(14-22-35)27-43-39-7-3-4-8-40(39)44-28-32-15-23-36(24-16-32)46-34-19-11-30(12-20-34)26-42-38/h9-24,37-44H,1-8,25-28H2/t37-,38-,39-,40-/m0/s1. The summed E-state index contributed by atoms with van der Waals surface area (Å²) < 4.78 is 12.4. The van der Waals surface area contributed by atoms with Gasteiger partial charge in [0.15, 0.2) is 0 Å². The minimum atomic E-state index is 0.461. The van der Waals surface area contributed by atoms with E-state index >= 15 is 0 Å². The van der Waals surface area contributed by atoms with Crippen molar-refractivity contribution in [3.05, 3.63) is 119 Å². The summed E-state index contributed by atoms with van der Waals surface area (Å²) in [6.07, 6.45) is 9.93. The van der Waals surface area contributed by atoms with E-state index in [2.05, 4.69) is 118 Å². The van der Waals surface area contributed by atoms with E-state index < -0.39 is 0 Å². The average Bonchev–Trinajstić information content (AvgIpc) is 3.11. The van der Waals surface area contributed by atoms with E-state index in [1.807, 2.05) is 0 Å². The van der Waals surface area contributed by atoms with Crippen molar-refractivity contribution in [1.82, 2.24) is 21.3 Å². The van der Waals surface area contributed by atoms with E-state index in [0.717, 1.165) is 49.2 Å². The molecule has 0 aromatic heterocycles. The highest BCUT2D eigenvalue weighted by Crippen LogP contribution is 2.26. The fourth-order valence-corrected chi connectivity index (χ4v) is 7.21. The van der Waals surface area contributed by atoms with Gasteiger partial charge in [0, 0.05) is 50.3 Å². The molecule has 0 unspecified atom stereocenters. The summed E-state index contributed by atoms with van der Waals surface area (Å²) in [4.78, 5) is 0. The van der Waals surface area contributed by atoms with Gasteiger partial charge in [-0.25, -0.2) is 0 Å². The molecule has 0 radical (unpaired) electrons. The molecule has 10 heterocycles. The Morgan fingerprint density at radius 2 is 0.543 bits per heavy atom. The molecule has 46 heavy (non-hydrogen) atoms. The first-order valence-corrected chi connectivity index (χ1v) is 17.4. The molecule has 16 rings (SSSR count). The van der Waals surface area contributed by atoms with Crippen molar-refractivity contribution in [2.24, 2.45) is 0 Å². The number of ether oxygens (including phenoxy) is 2. The maximum absolute atomic E-state index is 6.20. The molecule has 6 heteroatoms. The zero-order valence-corrected chi connectivity index (χ0v) is 26.8. The highest BCUT2D eigenvalue weighted by atomic mass is 16.5. The Hall–Kier alpha value is -3.68. The Morgan fingerprint density at radius 1 is 0.326 bits per heavy atom. The van der Waals surface area contributed by atoms with Gasteiger partial charge in [0.25, 0.3) is 0 Å². The predicted octanol–water partition coefficient (Wildman–Crippen LogP) is 7.97. The molecule has 4 aromatic rings. The Kier molecular flexibility index (Phi) is 10.3. The van der Waals surface area contributed by atoms with E-state index in [4.69, 9.17) is 9.47 Å².